The summed E-state index contributed by atoms with van der Waals surface area (Å²) in [6, 6.07) is 0. The van der Waals surface area contributed by atoms with Crippen LogP contribution >= 0.6 is 9.24 Å². The summed E-state index contributed by atoms with van der Waals surface area (Å²) in [5.41, 5.74) is 0.815. The van der Waals surface area contributed by atoms with E-state index in [9.17, 15) is 0 Å². The fourth-order valence-electron chi connectivity index (χ4n) is 2.28. The number of rotatable bonds is 5. The monoisotopic (exact) mass is 188 g/mol. The largest absolute Gasteiger partial charge is 0.134 e. The van der Waals surface area contributed by atoms with E-state index in [1.165, 1.54) is 12.8 Å². The molecule has 0 saturated carbocycles. The van der Waals surface area contributed by atoms with Gasteiger partial charge in [-0.3, -0.25) is 0 Å². The summed E-state index contributed by atoms with van der Waals surface area (Å²) in [4.78, 5) is 0. The van der Waals surface area contributed by atoms with Crippen LogP contribution in [0.3, 0.4) is 0 Å². The molecule has 2 atom stereocenters. The molecule has 0 aliphatic heterocycles. The molecule has 0 fully saturated rings. The Morgan fingerprint density at radius 2 is 1.42 bits per heavy atom. The molecular weight excluding hydrogens is 163 g/mol. The van der Waals surface area contributed by atoms with E-state index in [2.05, 4.69) is 43.9 Å². The Balaban J connectivity index is 4.09. The SMILES string of the molecule is CCCC(P)C(C(C)C)C(C)C. The maximum Gasteiger partial charge on any atom is -0.0231 e. The van der Waals surface area contributed by atoms with Gasteiger partial charge in [0.2, 0.25) is 0 Å². The van der Waals surface area contributed by atoms with Crippen molar-refractivity contribution in [3.8, 4) is 0 Å². The predicted octanol–water partition coefficient (Wildman–Crippen LogP) is 3.96. The van der Waals surface area contributed by atoms with Crippen LogP contribution in [0.1, 0.15) is 47.5 Å². The summed E-state index contributed by atoms with van der Waals surface area (Å²) in [5.74, 6) is 2.51. The second kappa shape index (κ2) is 5.97. The molecule has 0 aliphatic carbocycles. The Morgan fingerprint density at radius 3 is 1.67 bits per heavy atom. The lowest BCUT2D eigenvalue weighted by molar-refractivity contribution is 0.272. The molecule has 0 saturated heterocycles. The first-order valence-corrected chi connectivity index (χ1v) is 5.92. The molecule has 2 unspecified atom stereocenters. The lowest BCUT2D eigenvalue weighted by Gasteiger charge is -2.30. The summed E-state index contributed by atoms with van der Waals surface area (Å²) in [5, 5.41) is 0. The molecule has 0 radical (unpaired) electrons. The van der Waals surface area contributed by atoms with Gasteiger partial charge < -0.3 is 0 Å². The molecule has 0 aromatic heterocycles. The summed E-state index contributed by atoms with van der Waals surface area (Å²) in [7, 11) is 3.03. The molecule has 0 aromatic rings. The normalized spacial score (nSPS) is 14.8. The zero-order chi connectivity index (χ0) is 9.72. The minimum absolute atomic E-state index is 0.815. The van der Waals surface area contributed by atoms with Crippen LogP contribution in [-0.2, 0) is 0 Å². The molecular formula is C11H25P. The smallest absolute Gasteiger partial charge is 0.0231 e. The van der Waals surface area contributed by atoms with E-state index in [-0.39, 0.29) is 0 Å². The zero-order valence-electron chi connectivity index (χ0n) is 9.30. The van der Waals surface area contributed by atoms with Gasteiger partial charge in [-0.1, -0.05) is 41.0 Å². The van der Waals surface area contributed by atoms with E-state index in [1.54, 1.807) is 0 Å². The average molecular weight is 188 g/mol. The molecule has 0 rings (SSSR count). The van der Waals surface area contributed by atoms with Gasteiger partial charge in [-0.15, -0.1) is 9.24 Å². The molecule has 0 N–H and O–H groups in total. The highest BCUT2D eigenvalue weighted by Gasteiger charge is 2.23. The van der Waals surface area contributed by atoms with Gasteiger partial charge >= 0.3 is 0 Å². The summed E-state index contributed by atoms with van der Waals surface area (Å²) >= 11 is 0. The Morgan fingerprint density at radius 1 is 1.00 bits per heavy atom. The van der Waals surface area contributed by atoms with Gasteiger partial charge in [0, 0.05) is 0 Å². The van der Waals surface area contributed by atoms with E-state index < -0.39 is 0 Å². The third-order valence-corrected chi connectivity index (χ3v) is 3.43. The number of hydrogen-bond acceptors (Lipinski definition) is 0. The maximum atomic E-state index is 3.03. The Bertz CT molecular complexity index is 99.6. The van der Waals surface area contributed by atoms with Gasteiger partial charge in [-0.25, -0.2) is 0 Å². The molecule has 12 heavy (non-hydrogen) atoms. The molecule has 1 heteroatoms. The van der Waals surface area contributed by atoms with Crippen molar-refractivity contribution in [1.82, 2.24) is 0 Å². The van der Waals surface area contributed by atoms with Crippen LogP contribution in [0.15, 0.2) is 0 Å². The topological polar surface area (TPSA) is 0 Å². The maximum absolute atomic E-state index is 3.03. The van der Waals surface area contributed by atoms with Crippen LogP contribution in [0.4, 0.5) is 0 Å². The van der Waals surface area contributed by atoms with Crippen LogP contribution in [0.5, 0.6) is 0 Å². The van der Waals surface area contributed by atoms with Crippen LogP contribution in [0, 0.1) is 17.8 Å². The van der Waals surface area contributed by atoms with Crippen molar-refractivity contribution in [2.24, 2.45) is 17.8 Å². The first kappa shape index (κ1) is 12.4. The van der Waals surface area contributed by atoms with E-state index in [4.69, 9.17) is 0 Å². The van der Waals surface area contributed by atoms with Crippen molar-refractivity contribution in [3.63, 3.8) is 0 Å². The molecule has 0 aliphatic rings. The summed E-state index contributed by atoms with van der Waals surface area (Å²) in [6.07, 6.45) is 2.66. The Hall–Kier alpha value is 0.430. The fraction of sp³-hybridized carbons (Fsp3) is 1.00. The second-order valence-electron chi connectivity index (χ2n) is 4.52. The van der Waals surface area contributed by atoms with Crippen molar-refractivity contribution >= 4 is 9.24 Å². The standard InChI is InChI=1S/C11H25P/c1-6-7-10(12)11(8(2)3)9(4)5/h8-11H,6-7,12H2,1-5H3. The molecule has 0 aromatic carbocycles. The highest BCUT2D eigenvalue weighted by atomic mass is 31.0. The van der Waals surface area contributed by atoms with Gasteiger partial charge in [-0.05, 0) is 29.8 Å². The van der Waals surface area contributed by atoms with Crippen LogP contribution in [-0.4, -0.2) is 5.66 Å². The minimum atomic E-state index is 0.815. The molecule has 74 valence electrons. The molecule has 0 heterocycles. The molecule has 0 amide bonds. The molecule has 0 bridgehead atoms. The molecule has 0 nitrogen and oxygen atoms in total. The van der Waals surface area contributed by atoms with Gasteiger partial charge in [0.1, 0.15) is 0 Å². The van der Waals surface area contributed by atoms with Crippen molar-refractivity contribution in [1.29, 1.82) is 0 Å². The molecule has 0 spiro atoms. The van der Waals surface area contributed by atoms with Crippen LogP contribution < -0.4 is 0 Å². The van der Waals surface area contributed by atoms with Crippen molar-refractivity contribution in [3.05, 3.63) is 0 Å². The van der Waals surface area contributed by atoms with Crippen LogP contribution in [0.25, 0.3) is 0 Å². The Kier molecular flexibility index (Phi) is 6.19. The van der Waals surface area contributed by atoms with E-state index >= 15 is 0 Å². The van der Waals surface area contributed by atoms with E-state index in [0.29, 0.717) is 0 Å². The van der Waals surface area contributed by atoms with Gasteiger partial charge in [0.15, 0.2) is 0 Å². The first-order chi connectivity index (χ1) is 5.50. The van der Waals surface area contributed by atoms with E-state index in [0.717, 1.165) is 23.4 Å². The van der Waals surface area contributed by atoms with Gasteiger partial charge in [-0.2, -0.15) is 0 Å². The average Bonchev–Trinajstić information content (AvgIpc) is 1.85. The lowest BCUT2D eigenvalue weighted by Crippen LogP contribution is -2.25. The zero-order valence-corrected chi connectivity index (χ0v) is 10.5. The van der Waals surface area contributed by atoms with Crippen molar-refractivity contribution in [2.75, 3.05) is 0 Å². The van der Waals surface area contributed by atoms with Crippen molar-refractivity contribution in [2.45, 2.75) is 53.1 Å². The predicted molar refractivity (Wildman–Crippen MR) is 61.6 cm³/mol. The summed E-state index contributed by atoms with van der Waals surface area (Å²) in [6.45, 7) is 11.7. The lowest BCUT2D eigenvalue weighted by atomic mass is 9.81. The third kappa shape index (κ3) is 3.90. The quantitative estimate of drug-likeness (QED) is 0.573. The first-order valence-electron chi connectivity index (χ1n) is 5.26. The summed E-state index contributed by atoms with van der Waals surface area (Å²) < 4.78 is 0. The van der Waals surface area contributed by atoms with Crippen molar-refractivity contribution < 1.29 is 0 Å². The Labute approximate surface area is 80.7 Å². The van der Waals surface area contributed by atoms with Gasteiger partial charge in [0.05, 0.1) is 0 Å². The minimum Gasteiger partial charge on any atom is -0.134 e. The third-order valence-electron chi connectivity index (χ3n) is 2.66. The van der Waals surface area contributed by atoms with Gasteiger partial charge in [0.25, 0.3) is 0 Å². The second-order valence-corrected chi connectivity index (χ2v) is 5.37. The van der Waals surface area contributed by atoms with Crippen LogP contribution in [0.2, 0.25) is 0 Å². The number of hydrogen-bond donors (Lipinski definition) is 0. The highest BCUT2D eigenvalue weighted by molar-refractivity contribution is 7.17. The highest BCUT2D eigenvalue weighted by Crippen LogP contribution is 2.31. The fourth-order valence-corrected chi connectivity index (χ4v) is 3.51. The van der Waals surface area contributed by atoms with E-state index in [1.807, 2.05) is 0 Å².